The predicted molar refractivity (Wildman–Crippen MR) is 90.1 cm³/mol. The molecule has 1 aromatic heterocycles. The van der Waals surface area contributed by atoms with Gasteiger partial charge in [0.15, 0.2) is 0 Å². The molecule has 2 N–H and O–H groups in total. The van der Waals surface area contributed by atoms with E-state index in [9.17, 15) is 0 Å². The van der Waals surface area contributed by atoms with Gasteiger partial charge in [0.2, 0.25) is 0 Å². The molecule has 4 nitrogen and oxygen atoms in total. The second kappa shape index (κ2) is 7.10. The molecule has 1 unspecified atom stereocenters. The van der Waals surface area contributed by atoms with Crippen LogP contribution in [0.15, 0.2) is 0 Å². The summed E-state index contributed by atoms with van der Waals surface area (Å²) in [5.41, 5.74) is 1.12. The standard InChI is InChI=1S/C17H30N4/c1-11(2)7-6-8-12(3)19-16-13(4)15(18-5)20-17(21-16)14-9-10-14/h11-12,14H,6-10H2,1-5H3,(H2,18,19,20,21). The van der Waals surface area contributed by atoms with E-state index in [4.69, 9.17) is 4.98 Å². The number of hydrogen-bond acceptors (Lipinski definition) is 4. The third-order valence-corrected chi connectivity index (χ3v) is 4.14. The summed E-state index contributed by atoms with van der Waals surface area (Å²) in [5.74, 6) is 4.34. The zero-order chi connectivity index (χ0) is 15.4. The van der Waals surface area contributed by atoms with Gasteiger partial charge in [-0.15, -0.1) is 0 Å². The normalized spacial score (nSPS) is 16.1. The van der Waals surface area contributed by atoms with E-state index < -0.39 is 0 Å². The molecular weight excluding hydrogens is 260 g/mol. The van der Waals surface area contributed by atoms with Crippen LogP contribution in [-0.2, 0) is 0 Å². The minimum Gasteiger partial charge on any atom is -0.373 e. The molecule has 0 aromatic carbocycles. The number of nitrogens with one attached hydrogen (secondary N) is 2. The van der Waals surface area contributed by atoms with Crippen LogP contribution in [0.4, 0.5) is 11.6 Å². The van der Waals surface area contributed by atoms with E-state index in [0.717, 1.165) is 28.9 Å². The molecule has 1 aliphatic rings. The second-order valence-corrected chi connectivity index (χ2v) is 6.80. The van der Waals surface area contributed by atoms with E-state index >= 15 is 0 Å². The van der Waals surface area contributed by atoms with Crippen molar-refractivity contribution in [1.29, 1.82) is 0 Å². The van der Waals surface area contributed by atoms with E-state index in [2.05, 4.69) is 43.3 Å². The second-order valence-electron chi connectivity index (χ2n) is 6.80. The molecule has 1 heterocycles. The maximum absolute atomic E-state index is 4.76. The molecule has 21 heavy (non-hydrogen) atoms. The summed E-state index contributed by atoms with van der Waals surface area (Å²) in [5, 5.41) is 6.79. The smallest absolute Gasteiger partial charge is 0.136 e. The predicted octanol–water partition coefficient (Wildman–Crippen LogP) is 4.33. The highest BCUT2D eigenvalue weighted by Crippen LogP contribution is 2.39. The summed E-state index contributed by atoms with van der Waals surface area (Å²) in [6, 6.07) is 0.453. The minimum atomic E-state index is 0.453. The van der Waals surface area contributed by atoms with Crippen LogP contribution >= 0.6 is 0 Å². The zero-order valence-electron chi connectivity index (χ0n) is 14.2. The SMILES string of the molecule is CNc1nc(C2CC2)nc(NC(C)CCCC(C)C)c1C. The molecule has 0 spiro atoms. The average Bonchev–Trinajstić information content (AvgIpc) is 3.25. The van der Waals surface area contributed by atoms with Gasteiger partial charge in [0.1, 0.15) is 17.5 Å². The van der Waals surface area contributed by atoms with Crippen LogP contribution in [0.1, 0.15) is 70.2 Å². The van der Waals surface area contributed by atoms with Gasteiger partial charge in [-0.1, -0.05) is 26.7 Å². The van der Waals surface area contributed by atoms with E-state index in [1.807, 2.05) is 7.05 Å². The molecule has 1 atom stereocenters. The first-order chi connectivity index (χ1) is 10.0. The van der Waals surface area contributed by atoms with Crippen LogP contribution in [0.25, 0.3) is 0 Å². The Morgan fingerprint density at radius 2 is 1.76 bits per heavy atom. The Hall–Kier alpha value is -1.32. The minimum absolute atomic E-state index is 0.453. The van der Waals surface area contributed by atoms with Gasteiger partial charge in [-0.2, -0.15) is 0 Å². The van der Waals surface area contributed by atoms with Crippen molar-refractivity contribution >= 4 is 11.6 Å². The van der Waals surface area contributed by atoms with Gasteiger partial charge in [-0.25, -0.2) is 9.97 Å². The zero-order valence-corrected chi connectivity index (χ0v) is 14.2. The Kier molecular flexibility index (Phi) is 5.43. The van der Waals surface area contributed by atoms with Crippen molar-refractivity contribution in [3.63, 3.8) is 0 Å². The van der Waals surface area contributed by atoms with Crippen molar-refractivity contribution in [2.45, 2.75) is 71.8 Å². The first-order valence-electron chi connectivity index (χ1n) is 8.34. The highest BCUT2D eigenvalue weighted by atomic mass is 15.1. The van der Waals surface area contributed by atoms with Gasteiger partial charge in [0.25, 0.3) is 0 Å². The van der Waals surface area contributed by atoms with Crippen molar-refractivity contribution < 1.29 is 0 Å². The summed E-state index contributed by atoms with van der Waals surface area (Å²) in [4.78, 5) is 9.41. The monoisotopic (exact) mass is 290 g/mol. The lowest BCUT2D eigenvalue weighted by atomic mass is 10.0. The summed E-state index contributed by atoms with van der Waals surface area (Å²) in [7, 11) is 1.93. The van der Waals surface area contributed by atoms with Gasteiger partial charge < -0.3 is 10.6 Å². The van der Waals surface area contributed by atoms with Crippen LogP contribution in [-0.4, -0.2) is 23.1 Å². The summed E-state index contributed by atoms with van der Waals surface area (Å²) in [6.07, 6.45) is 6.22. The summed E-state index contributed by atoms with van der Waals surface area (Å²) >= 11 is 0. The van der Waals surface area contributed by atoms with Crippen molar-refractivity contribution in [2.75, 3.05) is 17.7 Å². The van der Waals surface area contributed by atoms with Crippen molar-refractivity contribution in [1.82, 2.24) is 9.97 Å². The van der Waals surface area contributed by atoms with Crippen LogP contribution in [0.3, 0.4) is 0 Å². The van der Waals surface area contributed by atoms with E-state index in [0.29, 0.717) is 12.0 Å². The van der Waals surface area contributed by atoms with Gasteiger partial charge in [0, 0.05) is 24.6 Å². The van der Waals surface area contributed by atoms with E-state index in [1.165, 1.54) is 32.1 Å². The molecule has 0 saturated heterocycles. The largest absolute Gasteiger partial charge is 0.373 e. The molecule has 118 valence electrons. The van der Waals surface area contributed by atoms with Gasteiger partial charge in [-0.05, 0) is 39.0 Å². The number of nitrogens with zero attached hydrogens (tertiary/aromatic N) is 2. The number of rotatable bonds is 8. The lowest BCUT2D eigenvalue weighted by Gasteiger charge is -2.18. The van der Waals surface area contributed by atoms with Crippen molar-refractivity contribution in [3.05, 3.63) is 11.4 Å². The highest BCUT2D eigenvalue weighted by Gasteiger charge is 2.28. The molecule has 0 amide bonds. The molecule has 1 saturated carbocycles. The first-order valence-corrected chi connectivity index (χ1v) is 8.34. The highest BCUT2D eigenvalue weighted by molar-refractivity contribution is 5.57. The molecule has 1 aliphatic carbocycles. The lowest BCUT2D eigenvalue weighted by Crippen LogP contribution is -2.18. The van der Waals surface area contributed by atoms with Gasteiger partial charge >= 0.3 is 0 Å². The third-order valence-electron chi connectivity index (χ3n) is 4.14. The Bertz CT molecular complexity index is 466. The van der Waals surface area contributed by atoms with Gasteiger partial charge in [0.05, 0.1) is 0 Å². The molecular formula is C17H30N4. The average molecular weight is 290 g/mol. The summed E-state index contributed by atoms with van der Waals surface area (Å²) < 4.78 is 0. The maximum atomic E-state index is 4.76. The number of anilines is 2. The Balaban J connectivity index is 2.02. The van der Waals surface area contributed by atoms with Gasteiger partial charge in [-0.3, -0.25) is 0 Å². The van der Waals surface area contributed by atoms with Crippen molar-refractivity contribution in [2.24, 2.45) is 5.92 Å². The molecule has 4 heteroatoms. The fraction of sp³-hybridized carbons (Fsp3) is 0.765. The number of hydrogen-bond donors (Lipinski definition) is 2. The first kappa shape index (κ1) is 16.1. The molecule has 0 bridgehead atoms. The van der Waals surface area contributed by atoms with E-state index in [-0.39, 0.29) is 0 Å². The topological polar surface area (TPSA) is 49.8 Å². The van der Waals surface area contributed by atoms with Crippen LogP contribution in [0.2, 0.25) is 0 Å². The molecule has 1 fully saturated rings. The molecule has 0 radical (unpaired) electrons. The molecule has 1 aromatic rings. The summed E-state index contributed by atoms with van der Waals surface area (Å²) in [6.45, 7) is 8.91. The molecule has 0 aliphatic heterocycles. The number of aromatic nitrogens is 2. The Labute approximate surface area is 129 Å². The lowest BCUT2D eigenvalue weighted by molar-refractivity contribution is 0.520. The van der Waals surface area contributed by atoms with Crippen LogP contribution in [0, 0.1) is 12.8 Å². The Morgan fingerprint density at radius 3 is 2.33 bits per heavy atom. The quantitative estimate of drug-likeness (QED) is 0.748. The molecule has 2 rings (SSSR count). The third kappa shape index (κ3) is 4.58. The maximum Gasteiger partial charge on any atom is 0.136 e. The fourth-order valence-corrected chi connectivity index (χ4v) is 2.58. The Morgan fingerprint density at radius 1 is 1.10 bits per heavy atom. The van der Waals surface area contributed by atoms with E-state index in [1.54, 1.807) is 0 Å². The van der Waals surface area contributed by atoms with Crippen LogP contribution in [0.5, 0.6) is 0 Å². The van der Waals surface area contributed by atoms with Crippen molar-refractivity contribution in [3.8, 4) is 0 Å². The van der Waals surface area contributed by atoms with Crippen LogP contribution < -0.4 is 10.6 Å². The fourth-order valence-electron chi connectivity index (χ4n) is 2.58.